The summed E-state index contributed by atoms with van der Waals surface area (Å²) in [6.45, 7) is 5.05. The molecule has 6 rings (SSSR count). The molecule has 4 aromatic rings. The van der Waals surface area contributed by atoms with E-state index in [4.69, 9.17) is 0 Å². The van der Waals surface area contributed by atoms with Crippen molar-refractivity contribution in [2.24, 2.45) is 0 Å². The second-order valence-electron chi connectivity index (χ2n) is 9.73. The summed E-state index contributed by atoms with van der Waals surface area (Å²) in [6.07, 6.45) is 8.39. The molecule has 3 heterocycles. The van der Waals surface area contributed by atoms with Crippen molar-refractivity contribution in [2.45, 2.75) is 31.1 Å². The molecule has 36 heavy (non-hydrogen) atoms. The molecule has 1 N–H and O–H groups in total. The summed E-state index contributed by atoms with van der Waals surface area (Å²) in [5.74, 6) is 0.773. The van der Waals surface area contributed by atoms with Gasteiger partial charge in [0.2, 0.25) is 5.91 Å². The number of amides is 2. The average molecular weight is 477 g/mol. The largest absolute Gasteiger partial charge is 0.339 e. The van der Waals surface area contributed by atoms with Gasteiger partial charge in [0.1, 0.15) is 0 Å². The van der Waals surface area contributed by atoms with Crippen LogP contribution in [0.3, 0.4) is 0 Å². The van der Waals surface area contributed by atoms with Gasteiger partial charge in [0, 0.05) is 36.5 Å². The van der Waals surface area contributed by atoms with E-state index in [-0.39, 0.29) is 17.7 Å². The van der Waals surface area contributed by atoms with Crippen molar-refractivity contribution in [1.82, 2.24) is 14.3 Å². The number of benzene rings is 2. The van der Waals surface area contributed by atoms with E-state index in [0.717, 1.165) is 35.4 Å². The minimum Gasteiger partial charge on any atom is -0.339 e. The maximum absolute atomic E-state index is 12.9. The van der Waals surface area contributed by atoms with Gasteiger partial charge in [0.15, 0.2) is 0 Å². The van der Waals surface area contributed by atoms with Crippen LogP contribution in [0.4, 0.5) is 5.69 Å². The first-order valence-electron chi connectivity index (χ1n) is 12.5. The van der Waals surface area contributed by atoms with Gasteiger partial charge in [0.25, 0.3) is 5.91 Å². The van der Waals surface area contributed by atoms with E-state index in [1.54, 1.807) is 6.20 Å². The monoisotopic (exact) mass is 476 g/mol. The number of hydrogen-bond acceptors (Lipinski definition) is 3. The molecule has 6 heteroatoms. The number of nitrogens with zero attached hydrogens (tertiary/aromatic N) is 3. The maximum Gasteiger partial charge on any atom is 0.255 e. The summed E-state index contributed by atoms with van der Waals surface area (Å²) in [6, 6.07) is 20.1. The van der Waals surface area contributed by atoms with Crippen LogP contribution in [-0.4, -0.2) is 39.2 Å². The van der Waals surface area contributed by atoms with Crippen molar-refractivity contribution in [3.05, 3.63) is 103 Å². The Balaban J connectivity index is 1.24. The van der Waals surface area contributed by atoms with Crippen molar-refractivity contribution in [2.75, 3.05) is 18.4 Å². The van der Waals surface area contributed by atoms with Gasteiger partial charge in [-0.1, -0.05) is 30.8 Å². The molecule has 2 fully saturated rings. The van der Waals surface area contributed by atoms with E-state index in [0.29, 0.717) is 18.0 Å². The summed E-state index contributed by atoms with van der Waals surface area (Å²) in [4.78, 5) is 31.2. The minimum atomic E-state index is -0.116. The van der Waals surface area contributed by atoms with Crippen LogP contribution in [0.2, 0.25) is 0 Å². The van der Waals surface area contributed by atoms with E-state index in [2.05, 4.69) is 39.5 Å². The first kappa shape index (κ1) is 22.3. The molecule has 0 bridgehead atoms. The molecule has 1 aliphatic carbocycles. The van der Waals surface area contributed by atoms with Crippen LogP contribution in [0, 0.1) is 0 Å². The third-order valence-electron chi connectivity index (χ3n) is 7.36. The lowest BCUT2D eigenvalue weighted by molar-refractivity contribution is -0.125. The van der Waals surface area contributed by atoms with Gasteiger partial charge in [-0.15, -0.1) is 0 Å². The molecule has 1 saturated heterocycles. The number of hydrogen-bond donors (Lipinski definition) is 1. The SMILES string of the molecule is C=CC(=O)N1CCC(c2cc(-c3ccc(C(=O)Nc4cccc(C5CC5)c4)cc3)n3cnccc23)C1. The van der Waals surface area contributed by atoms with Crippen molar-refractivity contribution >= 4 is 23.0 Å². The van der Waals surface area contributed by atoms with E-state index in [1.165, 1.54) is 30.0 Å². The summed E-state index contributed by atoms with van der Waals surface area (Å²) in [5, 5.41) is 3.04. The molecule has 2 aromatic carbocycles. The number of aromatic nitrogens is 2. The van der Waals surface area contributed by atoms with Crippen LogP contribution < -0.4 is 5.32 Å². The topological polar surface area (TPSA) is 66.7 Å². The molecule has 0 radical (unpaired) electrons. The molecule has 1 aliphatic heterocycles. The number of likely N-dealkylation sites (tertiary alicyclic amines) is 1. The number of anilines is 1. The number of carbonyl (C=O) groups is 2. The van der Waals surface area contributed by atoms with E-state index >= 15 is 0 Å². The lowest BCUT2D eigenvalue weighted by atomic mass is 9.98. The van der Waals surface area contributed by atoms with Gasteiger partial charge < -0.3 is 14.6 Å². The molecule has 6 nitrogen and oxygen atoms in total. The van der Waals surface area contributed by atoms with Gasteiger partial charge >= 0.3 is 0 Å². The second-order valence-corrected chi connectivity index (χ2v) is 9.73. The molecule has 0 spiro atoms. The number of fused-ring (bicyclic) bond motifs is 1. The zero-order valence-corrected chi connectivity index (χ0v) is 20.1. The predicted octanol–water partition coefficient (Wildman–Crippen LogP) is 5.63. The standard InChI is InChI=1S/C30H28N4O2/c1-2-29(35)33-15-13-24(18-33)26-17-28(34-19-31-14-12-27(26)34)21-8-10-22(11-9-21)30(36)32-25-5-3-4-23(16-25)20-6-7-20/h2-5,8-12,14,16-17,19-20,24H,1,6-7,13,15,18H2,(H,32,36). The quantitative estimate of drug-likeness (QED) is 0.367. The van der Waals surface area contributed by atoms with Crippen molar-refractivity contribution in [3.8, 4) is 11.3 Å². The van der Waals surface area contributed by atoms with Crippen molar-refractivity contribution in [3.63, 3.8) is 0 Å². The van der Waals surface area contributed by atoms with Gasteiger partial charge in [-0.3, -0.25) is 9.59 Å². The molecular formula is C30H28N4O2. The highest BCUT2D eigenvalue weighted by Gasteiger charge is 2.29. The average Bonchev–Trinajstić information content (AvgIpc) is 3.53. The van der Waals surface area contributed by atoms with Crippen LogP contribution in [0.25, 0.3) is 16.8 Å². The molecule has 1 atom stereocenters. The fraction of sp³-hybridized carbons (Fsp3) is 0.233. The number of rotatable bonds is 6. The smallest absolute Gasteiger partial charge is 0.255 e. The van der Waals surface area contributed by atoms with Gasteiger partial charge in [-0.25, -0.2) is 4.98 Å². The molecule has 1 unspecified atom stereocenters. The zero-order valence-electron chi connectivity index (χ0n) is 20.1. The fourth-order valence-corrected chi connectivity index (χ4v) is 5.25. The molecule has 2 amide bonds. The van der Waals surface area contributed by atoms with Crippen LogP contribution in [-0.2, 0) is 4.79 Å². The fourth-order valence-electron chi connectivity index (χ4n) is 5.25. The van der Waals surface area contributed by atoms with E-state index < -0.39 is 0 Å². The lowest BCUT2D eigenvalue weighted by Gasteiger charge is -2.13. The molecule has 2 aliphatic rings. The second kappa shape index (κ2) is 9.11. The third-order valence-corrected chi connectivity index (χ3v) is 7.36. The van der Waals surface area contributed by atoms with Gasteiger partial charge in [0.05, 0.1) is 17.5 Å². The lowest BCUT2D eigenvalue weighted by Crippen LogP contribution is -2.26. The minimum absolute atomic E-state index is 0.0176. The van der Waals surface area contributed by atoms with Crippen molar-refractivity contribution in [1.29, 1.82) is 0 Å². The molecule has 2 aromatic heterocycles. The van der Waals surface area contributed by atoms with Crippen LogP contribution >= 0.6 is 0 Å². The van der Waals surface area contributed by atoms with Crippen LogP contribution in [0.15, 0.2) is 85.8 Å². The van der Waals surface area contributed by atoms with Gasteiger partial charge in [-0.2, -0.15) is 0 Å². The van der Waals surface area contributed by atoms with Crippen molar-refractivity contribution < 1.29 is 9.59 Å². The van der Waals surface area contributed by atoms with E-state index in [9.17, 15) is 9.59 Å². The summed E-state index contributed by atoms with van der Waals surface area (Å²) in [7, 11) is 0. The summed E-state index contributed by atoms with van der Waals surface area (Å²) >= 11 is 0. The molecule has 1 saturated carbocycles. The molecular weight excluding hydrogens is 448 g/mol. The summed E-state index contributed by atoms with van der Waals surface area (Å²) in [5.41, 5.74) is 7.08. The zero-order chi connectivity index (χ0) is 24.6. The number of nitrogens with one attached hydrogen (secondary N) is 1. The van der Waals surface area contributed by atoms with Gasteiger partial charge in [-0.05, 0) is 84.3 Å². The predicted molar refractivity (Wildman–Crippen MR) is 141 cm³/mol. The normalized spacial score (nSPS) is 17.3. The number of carbonyl (C=O) groups excluding carboxylic acids is 2. The highest BCUT2D eigenvalue weighted by Crippen LogP contribution is 2.40. The Morgan fingerprint density at radius 3 is 2.61 bits per heavy atom. The Morgan fingerprint density at radius 1 is 1.00 bits per heavy atom. The highest BCUT2D eigenvalue weighted by molar-refractivity contribution is 6.04. The maximum atomic E-state index is 12.9. The van der Waals surface area contributed by atoms with Crippen LogP contribution in [0.5, 0.6) is 0 Å². The Morgan fingerprint density at radius 2 is 1.83 bits per heavy atom. The Bertz CT molecular complexity index is 1470. The third kappa shape index (κ3) is 4.19. The highest BCUT2D eigenvalue weighted by atomic mass is 16.2. The Labute approximate surface area is 210 Å². The Kier molecular flexibility index (Phi) is 5.64. The Hall–Kier alpha value is -4.19. The summed E-state index contributed by atoms with van der Waals surface area (Å²) < 4.78 is 2.09. The first-order chi connectivity index (χ1) is 17.6. The molecule has 180 valence electrons. The van der Waals surface area contributed by atoms with E-state index in [1.807, 2.05) is 53.7 Å². The first-order valence-corrected chi connectivity index (χ1v) is 12.5. The van der Waals surface area contributed by atoms with Crippen LogP contribution in [0.1, 0.15) is 52.6 Å².